The zero-order chi connectivity index (χ0) is 17.1. The van der Waals surface area contributed by atoms with Crippen LogP contribution in [0.15, 0.2) is 36.4 Å². The molecule has 0 aromatic heterocycles. The predicted molar refractivity (Wildman–Crippen MR) is 94.5 cm³/mol. The first-order valence-corrected chi connectivity index (χ1v) is 8.43. The summed E-state index contributed by atoms with van der Waals surface area (Å²) in [6.45, 7) is 3.06. The van der Waals surface area contributed by atoms with Crippen molar-refractivity contribution in [3.8, 4) is 11.5 Å². The lowest BCUT2D eigenvalue weighted by Gasteiger charge is -2.20. The molecule has 2 aromatic rings. The Balaban J connectivity index is 1.66. The van der Waals surface area contributed by atoms with E-state index in [-0.39, 0.29) is 11.9 Å². The van der Waals surface area contributed by atoms with Gasteiger partial charge in [0.15, 0.2) is 11.5 Å². The quantitative estimate of drug-likeness (QED) is 0.885. The predicted octanol–water partition coefficient (Wildman–Crippen LogP) is 4.13. The van der Waals surface area contributed by atoms with E-state index in [2.05, 4.69) is 5.32 Å². The minimum Gasteiger partial charge on any atom is -0.486 e. The Bertz CT molecular complexity index is 764. The van der Waals surface area contributed by atoms with E-state index in [0.717, 1.165) is 17.1 Å². The Morgan fingerprint density at radius 1 is 1.12 bits per heavy atom. The molecule has 1 amide bonds. The smallest absolute Gasteiger partial charge is 0.253 e. The maximum absolute atomic E-state index is 12.4. The summed E-state index contributed by atoms with van der Waals surface area (Å²) in [6.07, 6.45) is 0.667. The van der Waals surface area contributed by atoms with E-state index in [9.17, 15) is 4.79 Å². The van der Waals surface area contributed by atoms with Crippen molar-refractivity contribution in [2.75, 3.05) is 13.2 Å². The monoisotopic (exact) mass is 365 g/mol. The Morgan fingerprint density at radius 3 is 2.67 bits per heavy atom. The van der Waals surface area contributed by atoms with Crippen molar-refractivity contribution in [1.29, 1.82) is 0 Å². The van der Waals surface area contributed by atoms with Gasteiger partial charge in [-0.3, -0.25) is 4.79 Å². The lowest BCUT2D eigenvalue weighted by atomic mass is 10.1. The number of ether oxygens (including phenoxy) is 2. The molecule has 1 N–H and O–H groups in total. The summed E-state index contributed by atoms with van der Waals surface area (Å²) in [5.41, 5.74) is 1.43. The molecule has 126 valence electrons. The van der Waals surface area contributed by atoms with E-state index in [1.54, 1.807) is 18.2 Å². The second kappa shape index (κ2) is 7.32. The molecule has 0 fully saturated rings. The highest BCUT2D eigenvalue weighted by Gasteiger charge is 2.16. The van der Waals surface area contributed by atoms with E-state index < -0.39 is 0 Å². The Morgan fingerprint density at radius 2 is 1.88 bits per heavy atom. The van der Waals surface area contributed by atoms with Gasteiger partial charge in [0.1, 0.15) is 13.2 Å². The molecule has 0 saturated heterocycles. The lowest BCUT2D eigenvalue weighted by Crippen LogP contribution is -2.34. The van der Waals surface area contributed by atoms with Gasteiger partial charge in [0.25, 0.3) is 5.91 Å². The number of benzene rings is 2. The van der Waals surface area contributed by atoms with Crippen LogP contribution in [0.25, 0.3) is 0 Å². The van der Waals surface area contributed by atoms with E-state index in [1.165, 1.54) is 0 Å². The number of hydrogen-bond donors (Lipinski definition) is 1. The van der Waals surface area contributed by atoms with Crippen molar-refractivity contribution >= 4 is 29.1 Å². The summed E-state index contributed by atoms with van der Waals surface area (Å²) in [4.78, 5) is 12.4. The second-order valence-corrected chi connectivity index (χ2v) is 6.52. The highest BCUT2D eigenvalue weighted by atomic mass is 35.5. The first-order valence-electron chi connectivity index (χ1n) is 7.67. The largest absolute Gasteiger partial charge is 0.486 e. The summed E-state index contributed by atoms with van der Waals surface area (Å²) >= 11 is 12.0. The Hall–Kier alpha value is -1.91. The number of carbonyl (C=O) groups is 1. The fraction of sp³-hybridized carbons (Fsp3) is 0.278. The number of nitrogens with one attached hydrogen (secondary N) is 1. The third-order valence-corrected chi connectivity index (χ3v) is 4.26. The van der Waals surface area contributed by atoms with Crippen LogP contribution in [0.1, 0.15) is 22.8 Å². The molecule has 0 radical (unpaired) electrons. The fourth-order valence-corrected chi connectivity index (χ4v) is 2.97. The number of fused-ring (bicyclic) bond motifs is 1. The fourth-order valence-electron chi connectivity index (χ4n) is 2.59. The van der Waals surface area contributed by atoms with Gasteiger partial charge in [-0.2, -0.15) is 0 Å². The molecule has 0 spiro atoms. The van der Waals surface area contributed by atoms with Crippen LogP contribution < -0.4 is 14.8 Å². The van der Waals surface area contributed by atoms with E-state index >= 15 is 0 Å². The minimum absolute atomic E-state index is 0.0740. The topological polar surface area (TPSA) is 47.6 Å². The summed E-state index contributed by atoms with van der Waals surface area (Å²) in [5.74, 6) is 1.26. The molecule has 4 nitrogen and oxygen atoms in total. The standard InChI is InChI=1S/C18H17Cl2NO3/c1-11(21-18(22)14-10-13(19)3-4-15(14)20)8-12-2-5-16-17(9-12)24-7-6-23-16/h2-5,9-11H,6-8H2,1H3,(H,21,22). The number of halogens is 2. The van der Waals surface area contributed by atoms with Crippen molar-refractivity contribution in [3.05, 3.63) is 57.6 Å². The van der Waals surface area contributed by atoms with Crippen molar-refractivity contribution in [1.82, 2.24) is 5.32 Å². The van der Waals surface area contributed by atoms with Crippen LogP contribution in [-0.4, -0.2) is 25.2 Å². The summed E-state index contributed by atoms with van der Waals surface area (Å²) < 4.78 is 11.1. The number of hydrogen-bond acceptors (Lipinski definition) is 3. The van der Waals surface area contributed by atoms with Gasteiger partial charge in [0, 0.05) is 11.1 Å². The zero-order valence-electron chi connectivity index (χ0n) is 13.1. The number of amides is 1. The first-order chi connectivity index (χ1) is 11.5. The van der Waals surface area contributed by atoms with Gasteiger partial charge in [-0.15, -0.1) is 0 Å². The molecule has 1 heterocycles. The van der Waals surface area contributed by atoms with Crippen molar-refractivity contribution in [3.63, 3.8) is 0 Å². The van der Waals surface area contributed by atoms with Crippen molar-refractivity contribution in [2.24, 2.45) is 0 Å². The molecule has 6 heteroatoms. The average Bonchev–Trinajstić information content (AvgIpc) is 2.56. The van der Waals surface area contributed by atoms with Crippen molar-refractivity contribution in [2.45, 2.75) is 19.4 Å². The molecular weight excluding hydrogens is 349 g/mol. The van der Waals surface area contributed by atoms with E-state index in [1.807, 2.05) is 25.1 Å². The van der Waals surface area contributed by atoms with Crippen LogP contribution in [-0.2, 0) is 6.42 Å². The average molecular weight is 366 g/mol. The maximum Gasteiger partial charge on any atom is 0.253 e. The number of rotatable bonds is 4. The first kappa shape index (κ1) is 16.9. The van der Waals surface area contributed by atoms with E-state index in [0.29, 0.717) is 35.2 Å². The highest BCUT2D eigenvalue weighted by Crippen LogP contribution is 2.31. The summed E-state index contributed by atoms with van der Waals surface area (Å²) in [5, 5.41) is 3.79. The Labute approximate surface area is 150 Å². The van der Waals surface area contributed by atoms with Crippen LogP contribution in [0, 0.1) is 0 Å². The molecule has 0 aliphatic carbocycles. The molecule has 2 aromatic carbocycles. The molecule has 1 aliphatic heterocycles. The maximum atomic E-state index is 12.4. The van der Waals surface area contributed by atoms with Gasteiger partial charge in [0.05, 0.1) is 10.6 Å². The highest BCUT2D eigenvalue weighted by molar-refractivity contribution is 6.35. The normalized spacial score (nSPS) is 14.1. The minimum atomic E-state index is -0.243. The lowest BCUT2D eigenvalue weighted by molar-refractivity contribution is 0.0940. The zero-order valence-corrected chi connectivity index (χ0v) is 14.7. The van der Waals surface area contributed by atoms with Gasteiger partial charge in [-0.1, -0.05) is 29.3 Å². The third kappa shape index (κ3) is 3.94. The second-order valence-electron chi connectivity index (χ2n) is 5.68. The molecular formula is C18H17Cl2NO3. The van der Waals surface area contributed by atoms with Crippen LogP contribution in [0.4, 0.5) is 0 Å². The van der Waals surface area contributed by atoms with E-state index in [4.69, 9.17) is 32.7 Å². The molecule has 0 saturated carbocycles. The molecule has 3 rings (SSSR count). The summed E-state index contributed by atoms with van der Waals surface area (Å²) in [7, 11) is 0. The van der Waals surface area contributed by atoms with Crippen LogP contribution in [0.2, 0.25) is 10.0 Å². The molecule has 0 bridgehead atoms. The summed E-state index contributed by atoms with van der Waals surface area (Å²) in [6, 6.07) is 10.6. The number of carbonyl (C=O) groups excluding carboxylic acids is 1. The molecule has 1 unspecified atom stereocenters. The van der Waals surface area contributed by atoms with Gasteiger partial charge >= 0.3 is 0 Å². The van der Waals surface area contributed by atoms with Gasteiger partial charge in [-0.05, 0) is 49.2 Å². The molecule has 24 heavy (non-hydrogen) atoms. The van der Waals surface area contributed by atoms with Crippen LogP contribution >= 0.6 is 23.2 Å². The van der Waals surface area contributed by atoms with Crippen LogP contribution in [0.5, 0.6) is 11.5 Å². The third-order valence-electron chi connectivity index (χ3n) is 3.70. The Kier molecular flexibility index (Phi) is 5.17. The van der Waals surface area contributed by atoms with Crippen molar-refractivity contribution < 1.29 is 14.3 Å². The van der Waals surface area contributed by atoms with Crippen LogP contribution in [0.3, 0.4) is 0 Å². The van der Waals surface area contributed by atoms with Gasteiger partial charge < -0.3 is 14.8 Å². The van der Waals surface area contributed by atoms with Gasteiger partial charge in [-0.25, -0.2) is 0 Å². The molecule has 1 aliphatic rings. The van der Waals surface area contributed by atoms with Gasteiger partial charge in [0.2, 0.25) is 0 Å². The molecule has 1 atom stereocenters. The SMILES string of the molecule is CC(Cc1ccc2c(c1)OCCO2)NC(=O)c1cc(Cl)ccc1Cl.